The summed E-state index contributed by atoms with van der Waals surface area (Å²) < 4.78 is 25.7. The Morgan fingerprint density at radius 3 is 0.767 bits per heavy atom. The van der Waals surface area contributed by atoms with Crippen molar-refractivity contribution in [2.24, 2.45) is 0 Å². The van der Waals surface area contributed by atoms with Crippen LogP contribution in [0.15, 0.2) is 231 Å². The molecule has 14 heteroatoms. The standard InChI is InChI=1S/2C28H30N2O2.C27H28N2O2.C23H21NO/c2*1-19-8-11-26-25(18-19)27(21(3)30(26)13-12-29-14-16-32-17-15-29)28(31)24-10-9-20(2)22-6-4-5-7-23(22)24;1-19-11-12-23(22-8-4-3-7-21(19)22)27(30)26-20(2)29(25-10-6-5-9-24(25)26)14-13-28-15-17-31-18-16-28;1-4-24-16(3)22(20-11-7-8-12-21(20)24)23(25)19-14-13-15(2)17-9-5-6-10-18(17)19/h2*4-11,18H,12-17H2,1-3H3;3-12H,13-18H2,1-2H3;5-14H,4H2,1-3H3. The molecule has 7 heterocycles. The topological polar surface area (TPSA) is 125 Å². The lowest BCUT2D eigenvalue weighted by atomic mass is 9.93. The fourth-order valence-corrected chi connectivity index (χ4v) is 18.8. The molecule has 16 aromatic rings. The van der Waals surface area contributed by atoms with E-state index in [1.807, 2.05) is 110 Å². The predicted octanol–water partition coefficient (Wildman–Crippen LogP) is 21.2. The molecule has 3 aliphatic rings. The largest absolute Gasteiger partial charge is 0.379 e. The monoisotopic (exact) mass is 1590 g/mol. The summed E-state index contributed by atoms with van der Waals surface area (Å²) in [5.74, 6) is 0.436. The highest BCUT2D eigenvalue weighted by Crippen LogP contribution is 2.38. The quantitative estimate of drug-likeness (QED) is 0.0767. The lowest BCUT2D eigenvalue weighted by Crippen LogP contribution is -2.38. The second kappa shape index (κ2) is 36.1. The van der Waals surface area contributed by atoms with Crippen molar-refractivity contribution >= 4 is 110 Å². The van der Waals surface area contributed by atoms with E-state index in [-0.39, 0.29) is 23.1 Å². The number of benzene rings is 12. The zero-order valence-corrected chi connectivity index (χ0v) is 71.4. The number of aryl methyl sites for hydroxylation is 7. The van der Waals surface area contributed by atoms with Gasteiger partial charge >= 0.3 is 0 Å². The van der Waals surface area contributed by atoms with Gasteiger partial charge in [0, 0.05) is 174 Å². The summed E-state index contributed by atoms with van der Waals surface area (Å²) in [7, 11) is 0. The second-order valence-corrected chi connectivity index (χ2v) is 32.7. The fourth-order valence-electron chi connectivity index (χ4n) is 18.8. The summed E-state index contributed by atoms with van der Waals surface area (Å²) in [6.07, 6.45) is 0. The van der Waals surface area contributed by atoms with Gasteiger partial charge in [-0.05, 0) is 178 Å². The second-order valence-electron chi connectivity index (χ2n) is 32.7. The van der Waals surface area contributed by atoms with Crippen molar-refractivity contribution in [3.8, 4) is 0 Å². The Kier molecular flexibility index (Phi) is 24.6. The van der Waals surface area contributed by atoms with E-state index < -0.39 is 0 Å². The van der Waals surface area contributed by atoms with Crippen LogP contribution in [0, 0.1) is 69.2 Å². The van der Waals surface area contributed by atoms with Gasteiger partial charge in [-0.15, -0.1) is 0 Å². The van der Waals surface area contributed by atoms with Gasteiger partial charge in [0.05, 0.1) is 61.9 Å². The first kappa shape index (κ1) is 82.0. The number of rotatable bonds is 18. The summed E-state index contributed by atoms with van der Waals surface area (Å²) in [6, 6.07) is 78.4. The van der Waals surface area contributed by atoms with Crippen LogP contribution in [0.3, 0.4) is 0 Å². The normalized spacial score (nSPS) is 14.2. The SMILES string of the molecule is CCn1c(C)c(C(=O)c2ccc(C)c3ccccc23)c2ccccc21.Cc1ccc(C(=O)c2c(C)n(CCN3CCOCC3)c3ccccc23)c2ccccc12.Cc1ccc2c(c1)c(C(=O)c1ccc(C)c3ccccc13)c(C)n2CCN1CCOCC1.Cc1ccc2c(c1)c(C(=O)c1ccc(C)c3ccccc13)c(C)n2CCN1CCOCC1. The number of nitrogens with zero attached hydrogens (tertiary/aromatic N) is 7. The molecular weight excluding hydrogens is 1480 g/mol. The fraction of sp³-hybridized carbons (Fsp3) is 0.283. The molecule has 0 radical (unpaired) electrons. The highest BCUT2D eigenvalue weighted by molar-refractivity contribution is 6.26. The zero-order chi connectivity index (χ0) is 83.4. The number of carbonyl (C=O) groups excluding carboxylic acids is 4. The molecule has 0 amide bonds. The molecule has 0 unspecified atom stereocenters. The van der Waals surface area contributed by atoms with Gasteiger partial charge in [-0.1, -0.05) is 205 Å². The minimum absolute atomic E-state index is 0.107. The number of hydrogen-bond acceptors (Lipinski definition) is 10. The van der Waals surface area contributed by atoms with E-state index in [1.54, 1.807) is 0 Å². The maximum atomic E-state index is 14.0. The van der Waals surface area contributed by atoms with Crippen LogP contribution in [-0.4, -0.2) is 155 Å². The van der Waals surface area contributed by atoms with E-state index in [2.05, 4.69) is 230 Å². The molecular formula is C106H109N7O7. The number of para-hydroxylation sites is 2. The number of fused-ring (bicyclic) bond motifs is 8. The highest BCUT2D eigenvalue weighted by Gasteiger charge is 2.29. The number of ether oxygens (including phenoxy) is 3. The lowest BCUT2D eigenvalue weighted by molar-refractivity contribution is 0.0364. The molecule has 3 saturated heterocycles. The third-order valence-electron chi connectivity index (χ3n) is 25.4. The van der Waals surface area contributed by atoms with Crippen LogP contribution in [0.25, 0.3) is 86.7 Å². The van der Waals surface area contributed by atoms with Crippen LogP contribution >= 0.6 is 0 Å². The van der Waals surface area contributed by atoms with E-state index >= 15 is 0 Å². The van der Waals surface area contributed by atoms with Gasteiger partial charge in [0.25, 0.3) is 0 Å². The molecule has 3 aliphatic heterocycles. The molecule has 0 spiro atoms. The van der Waals surface area contributed by atoms with Crippen LogP contribution in [0.1, 0.15) is 127 Å². The number of aromatic nitrogens is 4. The van der Waals surface area contributed by atoms with Crippen LogP contribution in [-0.2, 0) is 40.4 Å². The van der Waals surface area contributed by atoms with Crippen molar-refractivity contribution in [2.45, 2.75) is 102 Å². The minimum atomic E-state index is 0.107. The summed E-state index contributed by atoms with van der Waals surface area (Å²) >= 11 is 0. The van der Waals surface area contributed by atoms with Gasteiger partial charge in [-0.25, -0.2) is 0 Å². The number of morpholine rings is 3. The summed E-state index contributed by atoms with van der Waals surface area (Å²) in [5.41, 5.74) is 22.3. The number of carbonyl (C=O) groups is 4. The maximum absolute atomic E-state index is 14.0. The molecule has 3 fully saturated rings. The van der Waals surface area contributed by atoms with Crippen LogP contribution in [0.2, 0.25) is 0 Å². The Hall–Kier alpha value is -11.7. The molecule has 4 aromatic heterocycles. The number of ketones is 4. The molecule has 0 aliphatic carbocycles. The van der Waals surface area contributed by atoms with E-state index in [9.17, 15) is 19.2 Å². The van der Waals surface area contributed by atoms with Crippen LogP contribution < -0.4 is 0 Å². The van der Waals surface area contributed by atoms with E-state index in [1.165, 1.54) is 33.4 Å². The van der Waals surface area contributed by atoms with Gasteiger partial charge in [0.1, 0.15) is 0 Å². The van der Waals surface area contributed by atoms with Crippen molar-refractivity contribution in [3.63, 3.8) is 0 Å². The first-order valence-corrected chi connectivity index (χ1v) is 42.7. The average Bonchev–Trinajstić information content (AvgIpc) is 1.62. The minimum Gasteiger partial charge on any atom is -0.379 e. The molecule has 610 valence electrons. The Morgan fingerprint density at radius 2 is 0.483 bits per heavy atom. The molecule has 14 nitrogen and oxygen atoms in total. The van der Waals surface area contributed by atoms with Crippen molar-refractivity contribution in [2.75, 3.05) is 98.5 Å². The van der Waals surface area contributed by atoms with Gasteiger partial charge in [-0.2, -0.15) is 0 Å². The third-order valence-corrected chi connectivity index (χ3v) is 25.4. The molecule has 0 bridgehead atoms. The van der Waals surface area contributed by atoms with E-state index in [0.717, 1.165) is 279 Å². The Bertz CT molecular complexity index is 6380. The van der Waals surface area contributed by atoms with Gasteiger partial charge < -0.3 is 32.5 Å². The van der Waals surface area contributed by atoms with Gasteiger partial charge in [0.2, 0.25) is 0 Å². The van der Waals surface area contributed by atoms with E-state index in [4.69, 9.17) is 14.2 Å². The molecule has 0 atom stereocenters. The highest BCUT2D eigenvalue weighted by atomic mass is 16.5. The molecule has 12 aromatic carbocycles. The smallest absolute Gasteiger partial charge is 0.196 e. The summed E-state index contributed by atoms with van der Waals surface area (Å²) in [6.45, 7) is 40.0. The summed E-state index contributed by atoms with van der Waals surface area (Å²) in [5, 5.41) is 12.9. The third kappa shape index (κ3) is 16.2. The predicted molar refractivity (Wildman–Crippen MR) is 492 cm³/mol. The van der Waals surface area contributed by atoms with Crippen LogP contribution in [0.5, 0.6) is 0 Å². The Morgan fingerprint density at radius 1 is 0.250 bits per heavy atom. The lowest BCUT2D eigenvalue weighted by Gasteiger charge is -2.27. The maximum Gasteiger partial charge on any atom is 0.196 e. The molecule has 0 saturated carbocycles. The van der Waals surface area contributed by atoms with Crippen molar-refractivity contribution in [1.82, 2.24) is 33.0 Å². The first-order valence-electron chi connectivity index (χ1n) is 42.7. The van der Waals surface area contributed by atoms with Crippen LogP contribution in [0.4, 0.5) is 0 Å². The summed E-state index contributed by atoms with van der Waals surface area (Å²) in [4.78, 5) is 62.7. The van der Waals surface area contributed by atoms with Gasteiger partial charge in [0.15, 0.2) is 23.1 Å². The van der Waals surface area contributed by atoms with Crippen molar-refractivity contribution in [3.05, 3.63) is 331 Å². The first-order chi connectivity index (χ1) is 58.4. The number of hydrogen-bond donors (Lipinski definition) is 0. The molecule has 19 rings (SSSR count). The van der Waals surface area contributed by atoms with Gasteiger partial charge in [-0.3, -0.25) is 33.9 Å². The van der Waals surface area contributed by atoms with Crippen molar-refractivity contribution < 1.29 is 33.4 Å². The zero-order valence-electron chi connectivity index (χ0n) is 71.4. The Balaban J connectivity index is 0.000000120. The Labute approximate surface area is 704 Å². The average molecular weight is 1590 g/mol. The molecule has 0 N–H and O–H groups in total. The van der Waals surface area contributed by atoms with E-state index in [0.29, 0.717) is 0 Å². The molecule has 120 heavy (non-hydrogen) atoms. The van der Waals surface area contributed by atoms with Crippen molar-refractivity contribution in [1.29, 1.82) is 0 Å².